The summed E-state index contributed by atoms with van der Waals surface area (Å²) >= 11 is 3.48. The molecule has 1 aliphatic heterocycles. The Bertz CT molecular complexity index is 953. The van der Waals surface area contributed by atoms with Gasteiger partial charge in [-0.3, -0.25) is 4.79 Å². The van der Waals surface area contributed by atoms with Crippen LogP contribution in [0.2, 0.25) is 0 Å². The molecule has 26 heavy (non-hydrogen) atoms. The van der Waals surface area contributed by atoms with Crippen LogP contribution in [0.1, 0.15) is 34.2 Å². The molecule has 1 aliphatic rings. The van der Waals surface area contributed by atoms with Gasteiger partial charge in [-0.05, 0) is 43.3 Å². The summed E-state index contributed by atoms with van der Waals surface area (Å²) < 4.78 is 8.43. The summed E-state index contributed by atoms with van der Waals surface area (Å²) in [6, 6.07) is 17.4. The third kappa shape index (κ3) is 3.24. The highest BCUT2D eigenvalue weighted by molar-refractivity contribution is 9.10. The zero-order valence-electron chi connectivity index (χ0n) is 14.3. The van der Waals surface area contributed by atoms with E-state index < -0.39 is 0 Å². The van der Waals surface area contributed by atoms with Gasteiger partial charge in [-0.1, -0.05) is 34.1 Å². The molecular formula is C20H18BrN3O2. The molecule has 1 atom stereocenters. The smallest absolute Gasteiger partial charge is 0.272 e. The molecule has 1 aromatic heterocycles. The zero-order valence-corrected chi connectivity index (χ0v) is 15.9. The molecule has 6 heteroatoms. The van der Waals surface area contributed by atoms with E-state index in [-0.39, 0.29) is 11.9 Å². The Hall–Kier alpha value is -2.60. The molecule has 0 fully saturated rings. The van der Waals surface area contributed by atoms with Gasteiger partial charge in [0.15, 0.2) is 5.69 Å². The lowest BCUT2D eigenvalue weighted by molar-refractivity contribution is 0.0919. The molecule has 2 heterocycles. The van der Waals surface area contributed by atoms with Gasteiger partial charge in [0.25, 0.3) is 5.91 Å². The molecule has 4 rings (SSSR count). The van der Waals surface area contributed by atoms with Crippen LogP contribution in [0.25, 0.3) is 5.69 Å². The number of carbonyl (C=O) groups excluding carboxylic acids is 1. The van der Waals surface area contributed by atoms with Crippen LogP contribution in [0.4, 0.5) is 0 Å². The van der Waals surface area contributed by atoms with Crippen LogP contribution in [0, 0.1) is 6.92 Å². The number of ether oxygens (including phenoxy) is 1. The molecule has 3 aromatic rings. The monoisotopic (exact) mass is 411 g/mol. The Morgan fingerprint density at radius 1 is 1.23 bits per heavy atom. The normalized spacial score (nSPS) is 15.8. The van der Waals surface area contributed by atoms with Crippen molar-refractivity contribution in [3.05, 3.63) is 76.0 Å². The molecule has 1 unspecified atom stereocenters. The Balaban J connectivity index is 1.58. The van der Waals surface area contributed by atoms with Crippen molar-refractivity contribution in [2.75, 3.05) is 6.61 Å². The van der Waals surface area contributed by atoms with Gasteiger partial charge in [-0.2, -0.15) is 5.10 Å². The van der Waals surface area contributed by atoms with Gasteiger partial charge < -0.3 is 10.1 Å². The molecule has 0 saturated carbocycles. The Kier molecular flexibility index (Phi) is 4.51. The fourth-order valence-corrected chi connectivity index (χ4v) is 3.54. The van der Waals surface area contributed by atoms with E-state index in [1.807, 2.05) is 61.5 Å². The van der Waals surface area contributed by atoms with Crippen molar-refractivity contribution in [2.45, 2.75) is 19.4 Å². The highest BCUT2D eigenvalue weighted by atomic mass is 79.9. The van der Waals surface area contributed by atoms with E-state index >= 15 is 0 Å². The predicted molar refractivity (Wildman–Crippen MR) is 103 cm³/mol. The number of hydrogen-bond acceptors (Lipinski definition) is 3. The van der Waals surface area contributed by atoms with Crippen molar-refractivity contribution >= 4 is 21.8 Å². The number of aryl methyl sites for hydroxylation is 1. The third-order valence-corrected chi connectivity index (χ3v) is 4.93. The molecule has 5 nitrogen and oxygen atoms in total. The number of hydrogen-bond donors (Lipinski definition) is 1. The van der Waals surface area contributed by atoms with E-state index in [1.165, 1.54) is 0 Å². The Morgan fingerprint density at radius 3 is 2.85 bits per heavy atom. The summed E-state index contributed by atoms with van der Waals surface area (Å²) in [6.07, 6.45) is 0.730. The Morgan fingerprint density at radius 2 is 2.04 bits per heavy atom. The van der Waals surface area contributed by atoms with Gasteiger partial charge in [0.05, 0.1) is 18.3 Å². The van der Waals surface area contributed by atoms with Gasteiger partial charge in [0.2, 0.25) is 0 Å². The maximum Gasteiger partial charge on any atom is 0.272 e. The fourth-order valence-electron chi connectivity index (χ4n) is 3.16. The Labute approximate surface area is 160 Å². The maximum atomic E-state index is 12.8. The third-order valence-electron chi connectivity index (χ3n) is 4.44. The minimum Gasteiger partial charge on any atom is -0.493 e. The van der Waals surface area contributed by atoms with Crippen molar-refractivity contribution in [1.29, 1.82) is 0 Å². The van der Waals surface area contributed by atoms with E-state index in [9.17, 15) is 4.79 Å². The zero-order chi connectivity index (χ0) is 18.1. The molecule has 1 amide bonds. The van der Waals surface area contributed by atoms with Crippen LogP contribution >= 0.6 is 15.9 Å². The van der Waals surface area contributed by atoms with Crippen molar-refractivity contribution in [2.24, 2.45) is 0 Å². The number of carbonyl (C=O) groups is 1. The van der Waals surface area contributed by atoms with Crippen LogP contribution in [0.5, 0.6) is 5.75 Å². The number of amides is 1. The van der Waals surface area contributed by atoms with Crippen molar-refractivity contribution in [3.8, 4) is 11.4 Å². The summed E-state index contributed by atoms with van der Waals surface area (Å²) in [4.78, 5) is 12.8. The van der Waals surface area contributed by atoms with Crippen LogP contribution in [0.3, 0.4) is 0 Å². The predicted octanol–water partition coefficient (Wildman–Crippen LogP) is 4.20. The lowest BCUT2D eigenvalue weighted by Crippen LogP contribution is -2.32. The van der Waals surface area contributed by atoms with Gasteiger partial charge in [0.1, 0.15) is 5.75 Å². The molecule has 0 radical (unpaired) electrons. The molecule has 0 spiro atoms. The first-order valence-corrected chi connectivity index (χ1v) is 9.26. The second kappa shape index (κ2) is 6.96. The summed E-state index contributed by atoms with van der Waals surface area (Å²) in [7, 11) is 0. The molecule has 1 N–H and O–H groups in total. The summed E-state index contributed by atoms with van der Waals surface area (Å²) in [5.41, 5.74) is 3.24. The van der Waals surface area contributed by atoms with Crippen molar-refractivity contribution < 1.29 is 9.53 Å². The van der Waals surface area contributed by atoms with Crippen LogP contribution in [-0.4, -0.2) is 22.3 Å². The van der Waals surface area contributed by atoms with Crippen LogP contribution in [0.15, 0.2) is 59.1 Å². The summed E-state index contributed by atoms with van der Waals surface area (Å²) in [5, 5.41) is 7.58. The number of benzene rings is 2. The van der Waals surface area contributed by atoms with Crippen molar-refractivity contribution in [3.63, 3.8) is 0 Å². The number of nitrogens with one attached hydrogen (secondary N) is 1. The van der Waals surface area contributed by atoms with Gasteiger partial charge in [-0.25, -0.2) is 4.68 Å². The average molecular weight is 412 g/mol. The minimum absolute atomic E-state index is 0.0917. The van der Waals surface area contributed by atoms with E-state index in [4.69, 9.17) is 4.74 Å². The number of nitrogens with zero attached hydrogens (tertiary/aromatic N) is 2. The fraction of sp³-hybridized carbons (Fsp3) is 0.200. The molecule has 0 bridgehead atoms. The first-order chi connectivity index (χ1) is 12.6. The van der Waals surface area contributed by atoms with E-state index in [0.717, 1.165) is 33.6 Å². The first kappa shape index (κ1) is 16.8. The lowest BCUT2D eigenvalue weighted by Gasteiger charge is -2.26. The summed E-state index contributed by atoms with van der Waals surface area (Å²) in [6.45, 7) is 2.52. The summed E-state index contributed by atoms with van der Waals surface area (Å²) in [5.74, 6) is 0.636. The second-order valence-corrected chi connectivity index (χ2v) is 7.18. The van der Waals surface area contributed by atoms with Gasteiger partial charge >= 0.3 is 0 Å². The molecule has 2 aromatic carbocycles. The lowest BCUT2D eigenvalue weighted by atomic mass is 10.0. The second-order valence-electron chi connectivity index (χ2n) is 6.26. The maximum absolute atomic E-state index is 12.8. The van der Waals surface area contributed by atoms with Crippen LogP contribution < -0.4 is 10.1 Å². The van der Waals surface area contributed by atoms with E-state index in [2.05, 4.69) is 26.3 Å². The number of halogens is 1. The minimum atomic E-state index is -0.180. The average Bonchev–Trinajstić information content (AvgIpc) is 3.05. The van der Waals surface area contributed by atoms with Crippen LogP contribution in [-0.2, 0) is 0 Å². The highest BCUT2D eigenvalue weighted by Gasteiger charge is 2.25. The highest BCUT2D eigenvalue weighted by Crippen LogP contribution is 2.34. The molecule has 0 saturated heterocycles. The number of fused-ring (bicyclic) bond motifs is 1. The standard InChI is InChI=1S/C20H18BrN3O2/c1-13-11-18(23-24(13)15-5-3-2-4-6-15)20(25)22-17-9-10-26-19-8-7-14(21)12-16(17)19/h2-8,11-12,17H,9-10H2,1H3,(H,22,25). The van der Waals surface area contributed by atoms with E-state index in [0.29, 0.717) is 12.3 Å². The molecule has 132 valence electrons. The number of rotatable bonds is 3. The number of aromatic nitrogens is 2. The molecular weight excluding hydrogens is 394 g/mol. The first-order valence-electron chi connectivity index (χ1n) is 8.47. The molecule has 0 aliphatic carbocycles. The van der Waals surface area contributed by atoms with E-state index in [1.54, 1.807) is 4.68 Å². The van der Waals surface area contributed by atoms with Crippen molar-refractivity contribution in [1.82, 2.24) is 15.1 Å². The van der Waals surface area contributed by atoms with Gasteiger partial charge in [-0.15, -0.1) is 0 Å². The number of para-hydroxylation sites is 1. The topological polar surface area (TPSA) is 56.1 Å². The van der Waals surface area contributed by atoms with Gasteiger partial charge in [0, 0.05) is 22.2 Å². The SMILES string of the molecule is Cc1cc(C(=O)NC2CCOc3ccc(Br)cc32)nn1-c1ccccc1. The largest absolute Gasteiger partial charge is 0.493 e. The quantitative estimate of drug-likeness (QED) is 0.702.